The number of amides is 2. The zero-order chi connectivity index (χ0) is 14.7. The standard InChI is InChI=1S/C14H25N3O3/c1-11-9-17(10-12(11)13(18)19)14(20)15(2)7-8-16-5-3-4-6-16/h11-12H,3-10H2,1-2H3,(H,18,19)/t11-,12-/m1/s1. The van der Waals surface area contributed by atoms with Crippen molar-refractivity contribution >= 4 is 12.0 Å². The van der Waals surface area contributed by atoms with Gasteiger partial charge in [-0.25, -0.2) is 4.79 Å². The number of likely N-dealkylation sites (N-methyl/N-ethyl adjacent to an activating group) is 1. The Morgan fingerprint density at radius 2 is 1.90 bits per heavy atom. The van der Waals surface area contributed by atoms with E-state index in [4.69, 9.17) is 5.11 Å². The van der Waals surface area contributed by atoms with Crippen LogP contribution in [0.15, 0.2) is 0 Å². The molecule has 0 saturated carbocycles. The van der Waals surface area contributed by atoms with Crippen LogP contribution < -0.4 is 0 Å². The molecule has 2 amide bonds. The molecule has 0 aromatic rings. The lowest BCUT2D eigenvalue weighted by molar-refractivity contribution is -0.142. The van der Waals surface area contributed by atoms with Crippen LogP contribution in [-0.4, -0.2) is 78.1 Å². The number of hydrogen-bond donors (Lipinski definition) is 1. The smallest absolute Gasteiger partial charge is 0.319 e. The third-order valence-corrected chi connectivity index (χ3v) is 4.48. The van der Waals surface area contributed by atoms with E-state index in [0.717, 1.165) is 19.6 Å². The van der Waals surface area contributed by atoms with E-state index in [2.05, 4.69) is 4.90 Å². The van der Waals surface area contributed by atoms with Gasteiger partial charge in [-0.15, -0.1) is 0 Å². The van der Waals surface area contributed by atoms with E-state index in [1.165, 1.54) is 12.8 Å². The minimum Gasteiger partial charge on any atom is -0.481 e. The molecule has 114 valence electrons. The average Bonchev–Trinajstić information content (AvgIpc) is 3.04. The minimum atomic E-state index is -0.799. The number of aliphatic carboxylic acids is 1. The summed E-state index contributed by atoms with van der Waals surface area (Å²) in [5.41, 5.74) is 0. The molecule has 0 aromatic carbocycles. The molecule has 0 aliphatic carbocycles. The van der Waals surface area contributed by atoms with Crippen LogP contribution in [0.25, 0.3) is 0 Å². The maximum Gasteiger partial charge on any atom is 0.319 e. The number of carbonyl (C=O) groups is 2. The van der Waals surface area contributed by atoms with Gasteiger partial charge in [0.25, 0.3) is 0 Å². The number of rotatable bonds is 4. The van der Waals surface area contributed by atoms with Crippen LogP contribution >= 0.6 is 0 Å². The van der Waals surface area contributed by atoms with Crippen molar-refractivity contribution in [2.24, 2.45) is 11.8 Å². The summed E-state index contributed by atoms with van der Waals surface area (Å²) in [5, 5.41) is 9.11. The third-order valence-electron chi connectivity index (χ3n) is 4.48. The van der Waals surface area contributed by atoms with Gasteiger partial charge >= 0.3 is 12.0 Å². The van der Waals surface area contributed by atoms with Crippen LogP contribution in [0.4, 0.5) is 4.79 Å². The van der Waals surface area contributed by atoms with Crippen molar-refractivity contribution in [1.82, 2.24) is 14.7 Å². The molecule has 2 aliphatic rings. The molecule has 0 spiro atoms. The molecule has 20 heavy (non-hydrogen) atoms. The second-order valence-electron chi connectivity index (χ2n) is 6.08. The summed E-state index contributed by atoms with van der Waals surface area (Å²) in [6.07, 6.45) is 2.50. The predicted octanol–water partition coefficient (Wildman–Crippen LogP) is 0.786. The van der Waals surface area contributed by atoms with E-state index in [1.807, 2.05) is 6.92 Å². The van der Waals surface area contributed by atoms with E-state index in [-0.39, 0.29) is 11.9 Å². The van der Waals surface area contributed by atoms with E-state index in [9.17, 15) is 9.59 Å². The lowest BCUT2D eigenvalue weighted by atomic mass is 9.99. The molecular weight excluding hydrogens is 258 g/mol. The van der Waals surface area contributed by atoms with Crippen molar-refractivity contribution in [2.45, 2.75) is 19.8 Å². The van der Waals surface area contributed by atoms with Crippen molar-refractivity contribution < 1.29 is 14.7 Å². The number of urea groups is 1. The fourth-order valence-electron chi connectivity index (χ4n) is 3.08. The molecule has 0 aromatic heterocycles. The van der Waals surface area contributed by atoms with Crippen LogP contribution in [0, 0.1) is 11.8 Å². The van der Waals surface area contributed by atoms with Crippen molar-refractivity contribution in [1.29, 1.82) is 0 Å². The maximum atomic E-state index is 12.3. The molecule has 0 radical (unpaired) electrons. The van der Waals surface area contributed by atoms with Crippen molar-refractivity contribution in [2.75, 3.05) is 46.3 Å². The number of hydrogen-bond acceptors (Lipinski definition) is 3. The highest BCUT2D eigenvalue weighted by Gasteiger charge is 2.37. The van der Waals surface area contributed by atoms with Crippen LogP contribution in [-0.2, 0) is 4.79 Å². The van der Waals surface area contributed by atoms with Gasteiger partial charge in [0.15, 0.2) is 0 Å². The quantitative estimate of drug-likeness (QED) is 0.828. The Hall–Kier alpha value is -1.30. The molecule has 2 aliphatic heterocycles. The molecule has 0 unspecified atom stereocenters. The van der Waals surface area contributed by atoms with Gasteiger partial charge in [-0.05, 0) is 31.8 Å². The van der Waals surface area contributed by atoms with Gasteiger partial charge in [-0.3, -0.25) is 4.79 Å². The first-order chi connectivity index (χ1) is 9.49. The first-order valence-corrected chi connectivity index (χ1v) is 7.44. The van der Waals surface area contributed by atoms with Gasteiger partial charge in [-0.1, -0.05) is 6.92 Å². The monoisotopic (exact) mass is 283 g/mol. The third kappa shape index (κ3) is 3.42. The van der Waals surface area contributed by atoms with Gasteiger partial charge in [0.2, 0.25) is 0 Å². The van der Waals surface area contributed by atoms with Crippen LogP contribution in [0.1, 0.15) is 19.8 Å². The Balaban J connectivity index is 1.79. The molecule has 1 N–H and O–H groups in total. The summed E-state index contributed by atoms with van der Waals surface area (Å²) < 4.78 is 0. The van der Waals surface area contributed by atoms with Crippen molar-refractivity contribution in [3.05, 3.63) is 0 Å². The normalized spacial score (nSPS) is 27.0. The van der Waals surface area contributed by atoms with Crippen LogP contribution in [0.5, 0.6) is 0 Å². The fourth-order valence-corrected chi connectivity index (χ4v) is 3.08. The van der Waals surface area contributed by atoms with E-state index < -0.39 is 11.9 Å². The highest BCUT2D eigenvalue weighted by molar-refractivity contribution is 5.77. The SMILES string of the molecule is C[C@@H]1CN(C(=O)N(C)CCN2CCCC2)C[C@H]1C(=O)O. The second kappa shape index (κ2) is 6.43. The summed E-state index contributed by atoms with van der Waals surface area (Å²) in [4.78, 5) is 29.2. The van der Waals surface area contributed by atoms with Crippen LogP contribution in [0.3, 0.4) is 0 Å². The number of carboxylic acids is 1. The lowest BCUT2D eigenvalue weighted by Gasteiger charge is -2.26. The molecule has 2 atom stereocenters. The average molecular weight is 283 g/mol. The van der Waals surface area contributed by atoms with Gasteiger partial charge in [-0.2, -0.15) is 0 Å². The summed E-state index contributed by atoms with van der Waals surface area (Å²) in [6.45, 7) is 6.66. The fraction of sp³-hybridized carbons (Fsp3) is 0.857. The Morgan fingerprint density at radius 3 is 2.45 bits per heavy atom. The number of carboxylic acid groups (broad SMARTS) is 1. The van der Waals surface area contributed by atoms with E-state index in [1.54, 1.807) is 16.8 Å². The van der Waals surface area contributed by atoms with Crippen molar-refractivity contribution in [3.63, 3.8) is 0 Å². The van der Waals surface area contributed by atoms with Gasteiger partial charge in [0.05, 0.1) is 5.92 Å². The largest absolute Gasteiger partial charge is 0.481 e. The molecule has 6 heteroatoms. The Kier molecular flexibility index (Phi) is 4.86. The number of likely N-dealkylation sites (tertiary alicyclic amines) is 2. The topological polar surface area (TPSA) is 64.1 Å². The first kappa shape index (κ1) is 15.1. The first-order valence-electron chi connectivity index (χ1n) is 7.44. The summed E-state index contributed by atoms with van der Waals surface area (Å²) in [5.74, 6) is -1.19. The van der Waals surface area contributed by atoms with Crippen molar-refractivity contribution in [3.8, 4) is 0 Å². The Labute approximate surface area is 120 Å². The van der Waals surface area contributed by atoms with Gasteiger partial charge < -0.3 is 19.8 Å². The van der Waals surface area contributed by atoms with Crippen LogP contribution in [0.2, 0.25) is 0 Å². The number of nitrogens with zero attached hydrogens (tertiary/aromatic N) is 3. The van der Waals surface area contributed by atoms with Gasteiger partial charge in [0.1, 0.15) is 0 Å². The molecule has 2 fully saturated rings. The Morgan fingerprint density at radius 1 is 1.25 bits per heavy atom. The maximum absolute atomic E-state index is 12.3. The Bertz CT molecular complexity index is 369. The summed E-state index contributed by atoms with van der Waals surface area (Å²) in [6, 6.07) is -0.0419. The molecular formula is C14H25N3O3. The number of carbonyl (C=O) groups excluding carboxylic acids is 1. The zero-order valence-electron chi connectivity index (χ0n) is 12.4. The summed E-state index contributed by atoms with van der Waals surface area (Å²) >= 11 is 0. The zero-order valence-corrected chi connectivity index (χ0v) is 12.4. The molecule has 2 rings (SSSR count). The van der Waals surface area contributed by atoms with E-state index >= 15 is 0 Å². The van der Waals surface area contributed by atoms with E-state index in [0.29, 0.717) is 19.6 Å². The summed E-state index contributed by atoms with van der Waals surface area (Å²) in [7, 11) is 1.80. The second-order valence-corrected chi connectivity index (χ2v) is 6.08. The van der Waals surface area contributed by atoms with Gasteiger partial charge in [0, 0.05) is 33.2 Å². The molecule has 0 bridgehead atoms. The lowest BCUT2D eigenvalue weighted by Crippen LogP contribution is -2.43. The highest BCUT2D eigenvalue weighted by atomic mass is 16.4. The minimum absolute atomic E-state index is 0.0310. The molecule has 2 heterocycles. The predicted molar refractivity (Wildman–Crippen MR) is 75.6 cm³/mol. The molecule has 2 saturated heterocycles. The molecule has 6 nitrogen and oxygen atoms in total. The highest BCUT2D eigenvalue weighted by Crippen LogP contribution is 2.23.